The van der Waals surface area contributed by atoms with Gasteiger partial charge in [0.25, 0.3) is 5.91 Å². The summed E-state index contributed by atoms with van der Waals surface area (Å²) in [4.78, 5) is 17.6. The number of hydrogen-bond donors (Lipinski definition) is 0. The lowest BCUT2D eigenvalue weighted by Gasteiger charge is -2.41. The maximum atomic E-state index is 14.4. The molecule has 7 rings (SSSR count). The predicted octanol–water partition coefficient (Wildman–Crippen LogP) is 4.48. The fourth-order valence-electron chi connectivity index (χ4n) is 6.91. The number of rotatable bonds is 5. The van der Waals surface area contributed by atoms with Crippen LogP contribution in [-0.2, 0) is 42.9 Å². The van der Waals surface area contributed by atoms with E-state index in [0.717, 1.165) is 42.9 Å². The van der Waals surface area contributed by atoms with Crippen LogP contribution in [0.4, 0.5) is 18.9 Å². The van der Waals surface area contributed by atoms with Crippen LogP contribution in [0.25, 0.3) is 0 Å². The maximum Gasteiger partial charge on any atom is 0.416 e. The summed E-state index contributed by atoms with van der Waals surface area (Å²) in [7, 11) is 1.87. The molecule has 0 N–H and O–H groups in total. The topological polar surface area (TPSA) is 72.7 Å². The first-order valence-electron chi connectivity index (χ1n) is 14.1. The zero-order valence-corrected chi connectivity index (χ0v) is 23.1. The molecular weight excluding hydrogens is 535 g/mol. The molecule has 8 nitrogen and oxygen atoms in total. The van der Waals surface area contributed by atoms with Crippen molar-refractivity contribution < 1.29 is 27.4 Å². The Morgan fingerprint density at radius 1 is 1.17 bits per heavy atom. The fraction of sp³-hybridized carbons (Fsp3) is 0.500. The lowest BCUT2D eigenvalue weighted by Crippen LogP contribution is -2.49. The molecule has 216 valence electrons. The number of aromatic nitrogens is 3. The number of benzene rings is 2. The number of likely N-dealkylation sites (tertiary alicyclic amines) is 1. The molecule has 0 aliphatic carbocycles. The van der Waals surface area contributed by atoms with Crippen molar-refractivity contribution in [2.24, 2.45) is 13.0 Å². The lowest BCUT2D eigenvalue weighted by molar-refractivity contribution is -0.138. The van der Waals surface area contributed by atoms with Gasteiger partial charge in [-0.15, -0.1) is 10.2 Å². The van der Waals surface area contributed by atoms with Gasteiger partial charge >= 0.3 is 6.18 Å². The molecule has 41 heavy (non-hydrogen) atoms. The van der Waals surface area contributed by atoms with E-state index in [1.54, 1.807) is 12.4 Å². The zero-order chi connectivity index (χ0) is 28.5. The molecule has 0 saturated carbocycles. The van der Waals surface area contributed by atoms with Gasteiger partial charge < -0.3 is 18.9 Å². The van der Waals surface area contributed by atoms with Gasteiger partial charge in [-0.2, -0.15) is 13.2 Å². The van der Waals surface area contributed by atoms with E-state index in [1.165, 1.54) is 11.0 Å². The monoisotopic (exact) mass is 567 g/mol. The first kappa shape index (κ1) is 26.5. The molecule has 0 bridgehead atoms. The third kappa shape index (κ3) is 4.32. The average Bonchev–Trinajstić information content (AvgIpc) is 3.62. The van der Waals surface area contributed by atoms with E-state index in [1.807, 2.05) is 17.7 Å². The number of ether oxygens (including phenoxy) is 2. The van der Waals surface area contributed by atoms with Crippen LogP contribution in [0, 0.1) is 5.92 Å². The molecule has 2 fully saturated rings. The number of nitrogens with zero attached hydrogens (tertiary/aromatic N) is 5. The average molecular weight is 568 g/mol. The highest BCUT2D eigenvalue weighted by molar-refractivity contribution is 6.11. The third-order valence-electron chi connectivity index (χ3n) is 9.00. The normalized spacial score (nSPS) is 21.9. The van der Waals surface area contributed by atoms with Gasteiger partial charge in [-0.1, -0.05) is 13.0 Å². The van der Waals surface area contributed by atoms with Crippen LogP contribution in [0.15, 0.2) is 30.6 Å². The van der Waals surface area contributed by atoms with E-state index in [0.29, 0.717) is 55.7 Å². The number of hydrogen-bond acceptors (Lipinski definition) is 6. The Kier molecular flexibility index (Phi) is 6.17. The van der Waals surface area contributed by atoms with Crippen LogP contribution in [0.5, 0.6) is 5.75 Å². The van der Waals surface area contributed by atoms with Crippen LogP contribution in [0.3, 0.4) is 0 Å². The second kappa shape index (κ2) is 9.55. The van der Waals surface area contributed by atoms with Gasteiger partial charge in [0.1, 0.15) is 23.3 Å². The molecule has 0 radical (unpaired) electrons. The first-order valence-corrected chi connectivity index (χ1v) is 14.1. The van der Waals surface area contributed by atoms with Gasteiger partial charge in [0.15, 0.2) is 0 Å². The molecule has 2 aromatic carbocycles. The van der Waals surface area contributed by atoms with Crippen LogP contribution < -0.4 is 9.64 Å². The van der Waals surface area contributed by atoms with Crippen LogP contribution in [-0.4, -0.2) is 58.5 Å². The molecule has 1 atom stereocenters. The highest BCUT2D eigenvalue weighted by Gasteiger charge is 2.48. The van der Waals surface area contributed by atoms with Crippen molar-refractivity contribution in [2.45, 2.75) is 50.9 Å². The van der Waals surface area contributed by atoms with E-state index in [2.05, 4.69) is 28.1 Å². The highest BCUT2D eigenvalue weighted by Crippen LogP contribution is 2.48. The summed E-state index contributed by atoms with van der Waals surface area (Å²) in [6, 6.07) is 6.82. The van der Waals surface area contributed by atoms with Gasteiger partial charge in [-0.05, 0) is 65.8 Å². The second-order valence-electron chi connectivity index (χ2n) is 12.0. The van der Waals surface area contributed by atoms with Gasteiger partial charge in [-0.3, -0.25) is 9.69 Å². The second-order valence-corrected chi connectivity index (χ2v) is 12.0. The quantitative estimate of drug-likeness (QED) is 0.453. The van der Waals surface area contributed by atoms with Gasteiger partial charge in [-0.25, -0.2) is 0 Å². The van der Waals surface area contributed by atoms with Crippen molar-refractivity contribution in [3.63, 3.8) is 0 Å². The number of carbonyl (C=O) groups is 1. The molecule has 3 aromatic rings. The van der Waals surface area contributed by atoms with Crippen LogP contribution >= 0.6 is 0 Å². The van der Waals surface area contributed by atoms with E-state index >= 15 is 0 Å². The molecule has 11 heteroatoms. The standard InChI is InChI=1S/C30H32F3N5O3/c1-18-4-3-6-37(12-18)13-19-8-22-23(24(9-19)30(31,32)33)14-38(27(22)39)25-11-21(10-20-5-7-41-26(20)25)29(15-40-16-29)28-35-34-17-36(28)2/h8-11,17-18H,3-7,12-16H2,1-2H3/t18-/m0/s1. The number of piperidine rings is 1. The summed E-state index contributed by atoms with van der Waals surface area (Å²) in [5, 5.41) is 8.40. The third-order valence-corrected chi connectivity index (χ3v) is 9.00. The van der Waals surface area contributed by atoms with Crippen molar-refractivity contribution in [3.05, 3.63) is 69.8 Å². The number of carbonyl (C=O) groups excluding carboxylic acids is 1. The predicted molar refractivity (Wildman–Crippen MR) is 144 cm³/mol. The van der Waals surface area contributed by atoms with Gasteiger partial charge in [0, 0.05) is 32.1 Å². The largest absolute Gasteiger partial charge is 0.491 e. The summed E-state index contributed by atoms with van der Waals surface area (Å²) >= 11 is 0. The summed E-state index contributed by atoms with van der Waals surface area (Å²) in [5.41, 5.74) is 1.65. The van der Waals surface area contributed by atoms with Crippen molar-refractivity contribution in [1.29, 1.82) is 0 Å². The Morgan fingerprint density at radius 2 is 2.00 bits per heavy atom. The summed E-state index contributed by atoms with van der Waals surface area (Å²) in [6.07, 6.45) is -0.156. The van der Waals surface area contributed by atoms with E-state index < -0.39 is 23.1 Å². The molecular formula is C30H32F3N5O3. The number of halogens is 3. The van der Waals surface area contributed by atoms with Gasteiger partial charge in [0.05, 0.1) is 37.6 Å². The zero-order valence-electron chi connectivity index (χ0n) is 23.1. The number of aryl methyl sites for hydroxylation is 1. The maximum absolute atomic E-state index is 14.4. The Hall–Kier alpha value is -3.44. The Balaban J connectivity index is 1.29. The number of fused-ring (bicyclic) bond motifs is 2. The SMILES string of the molecule is C[C@H]1CCCN(Cc2cc3c(c(C(F)(F)F)c2)CN(c2cc(C4(c5nncn5C)COC4)cc4c2OCC4)C3=O)C1. The minimum absolute atomic E-state index is 0.0189. The van der Waals surface area contributed by atoms with E-state index in [-0.39, 0.29) is 17.7 Å². The Bertz CT molecular complexity index is 1530. The molecule has 0 unspecified atom stereocenters. The number of anilines is 1. The number of amides is 1. The molecule has 4 aliphatic rings. The van der Waals surface area contributed by atoms with Crippen molar-refractivity contribution in [3.8, 4) is 5.75 Å². The minimum Gasteiger partial charge on any atom is -0.491 e. The van der Waals surface area contributed by atoms with Crippen LogP contribution in [0.1, 0.15) is 63.8 Å². The van der Waals surface area contributed by atoms with Crippen molar-refractivity contribution >= 4 is 11.6 Å². The van der Waals surface area contributed by atoms with Gasteiger partial charge in [0.2, 0.25) is 0 Å². The first-order chi connectivity index (χ1) is 19.6. The molecule has 1 amide bonds. The molecule has 0 spiro atoms. The molecule has 5 heterocycles. The molecule has 1 aromatic heterocycles. The highest BCUT2D eigenvalue weighted by atomic mass is 19.4. The Labute approximate surface area is 236 Å². The van der Waals surface area contributed by atoms with E-state index in [4.69, 9.17) is 9.47 Å². The van der Waals surface area contributed by atoms with Crippen molar-refractivity contribution in [1.82, 2.24) is 19.7 Å². The van der Waals surface area contributed by atoms with Crippen molar-refractivity contribution in [2.75, 3.05) is 37.8 Å². The fourth-order valence-corrected chi connectivity index (χ4v) is 6.91. The minimum atomic E-state index is -4.58. The van der Waals surface area contributed by atoms with E-state index in [9.17, 15) is 18.0 Å². The summed E-state index contributed by atoms with van der Waals surface area (Å²) in [6.45, 7) is 5.30. The lowest BCUT2D eigenvalue weighted by atomic mass is 9.76. The molecule has 2 saturated heterocycles. The summed E-state index contributed by atoms with van der Waals surface area (Å²) in [5.74, 6) is 1.35. The smallest absolute Gasteiger partial charge is 0.416 e. The Morgan fingerprint density at radius 3 is 2.68 bits per heavy atom. The number of alkyl halides is 3. The summed E-state index contributed by atoms with van der Waals surface area (Å²) < 4.78 is 56.7. The van der Waals surface area contributed by atoms with Crippen LogP contribution in [0.2, 0.25) is 0 Å². The molecule has 4 aliphatic heterocycles.